The molecule has 1 aromatic rings. The lowest BCUT2D eigenvalue weighted by Gasteiger charge is -2.18. The van der Waals surface area contributed by atoms with Gasteiger partial charge in [-0.1, -0.05) is 6.07 Å². The van der Waals surface area contributed by atoms with Gasteiger partial charge in [0.15, 0.2) is 0 Å². The van der Waals surface area contributed by atoms with E-state index in [-0.39, 0.29) is 18.7 Å². The molecule has 1 atom stereocenters. The van der Waals surface area contributed by atoms with Gasteiger partial charge in [-0.05, 0) is 6.07 Å². The molecule has 1 fully saturated rings. The molecule has 5 nitrogen and oxygen atoms in total. The van der Waals surface area contributed by atoms with E-state index < -0.39 is 29.6 Å². The quantitative estimate of drug-likeness (QED) is 0.773. The summed E-state index contributed by atoms with van der Waals surface area (Å²) in [6.45, 7) is -0.231. The molecule has 96 valence electrons. The standard InChI is InChI=1S/C11H11F2N3O2/c12-6-1-2-7(8(13)3-6)9(14)5-16-10(17)4-15-11(16)18/h1-3,9H,4-5,14H2,(H,15,18). The van der Waals surface area contributed by atoms with Crippen molar-refractivity contribution in [2.45, 2.75) is 6.04 Å². The normalized spacial score (nSPS) is 16.9. The number of nitrogens with zero attached hydrogens (tertiary/aromatic N) is 1. The molecule has 0 spiro atoms. The van der Waals surface area contributed by atoms with Gasteiger partial charge < -0.3 is 11.1 Å². The number of benzene rings is 1. The van der Waals surface area contributed by atoms with Gasteiger partial charge >= 0.3 is 6.03 Å². The third-order valence-electron chi connectivity index (χ3n) is 2.68. The first-order valence-electron chi connectivity index (χ1n) is 5.28. The first-order chi connectivity index (χ1) is 8.49. The van der Waals surface area contributed by atoms with Crippen molar-refractivity contribution in [1.29, 1.82) is 0 Å². The number of imide groups is 1. The van der Waals surface area contributed by atoms with Gasteiger partial charge in [-0.2, -0.15) is 0 Å². The van der Waals surface area contributed by atoms with Gasteiger partial charge in [-0.15, -0.1) is 0 Å². The van der Waals surface area contributed by atoms with E-state index >= 15 is 0 Å². The number of hydrogen-bond donors (Lipinski definition) is 2. The summed E-state index contributed by atoms with van der Waals surface area (Å²) in [5, 5.41) is 2.33. The molecular weight excluding hydrogens is 244 g/mol. The highest BCUT2D eigenvalue weighted by atomic mass is 19.1. The average Bonchev–Trinajstić information content (AvgIpc) is 2.60. The van der Waals surface area contributed by atoms with Crippen LogP contribution in [0, 0.1) is 11.6 Å². The lowest BCUT2D eigenvalue weighted by Crippen LogP contribution is -2.37. The first kappa shape index (κ1) is 12.4. The molecule has 2 rings (SSSR count). The van der Waals surface area contributed by atoms with E-state index in [1.54, 1.807) is 0 Å². The maximum absolute atomic E-state index is 13.4. The van der Waals surface area contributed by atoms with Crippen molar-refractivity contribution in [3.63, 3.8) is 0 Å². The van der Waals surface area contributed by atoms with Gasteiger partial charge in [-0.3, -0.25) is 9.69 Å². The highest BCUT2D eigenvalue weighted by Gasteiger charge is 2.30. The fourth-order valence-corrected chi connectivity index (χ4v) is 1.74. The van der Waals surface area contributed by atoms with Crippen molar-refractivity contribution in [3.8, 4) is 0 Å². The number of carbonyl (C=O) groups excluding carboxylic acids is 2. The number of nitrogens with two attached hydrogens (primary N) is 1. The molecule has 0 bridgehead atoms. The molecule has 1 saturated heterocycles. The summed E-state index contributed by atoms with van der Waals surface area (Å²) in [5.41, 5.74) is 5.77. The Bertz CT molecular complexity index is 491. The highest BCUT2D eigenvalue weighted by Crippen LogP contribution is 2.18. The molecule has 1 heterocycles. The summed E-state index contributed by atoms with van der Waals surface area (Å²) in [5.74, 6) is -1.93. The van der Waals surface area contributed by atoms with E-state index in [1.165, 1.54) is 6.07 Å². The van der Waals surface area contributed by atoms with E-state index in [9.17, 15) is 18.4 Å². The summed E-state index contributed by atoms with van der Waals surface area (Å²) in [4.78, 5) is 23.5. The number of hydrogen-bond acceptors (Lipinski definition) is 3. The molecular formula is C11H11F2N3O2. The van der Waals surface area contributed by atoms with Gasteiger partial charge in [0.05, 0.1) is 12.6 Å². The summed E-state index contributed by atoms with van der Waals surface area (Å²) >= 11 is 0. The number of urea groups is 1. The molecule has 3 N–H and O–H groups in total. The van der Waals surface area contributed by atoms with Gasteiger partial charge in [0.25, 0.3) is 0 Å². The summed E-state index contributed by atoms with van der Waals surface area (Å²) in [7, 11) is 0. The van der Waals surface area contributed by atoms with E-state index in [0.29, 0.717) is 6.07 Å². The van der Waals surface area contributed by atoms with Crippen molar-refractivity contribution >= 4 is 11.9 Å². The smallest absolute Gasteiger partial charge is 0.324 e. The van der Waals surface area contributed by atoms with Crippen LogP contribution in [0.4, 0.5) is 13.6 Å². The number of nitrogens with one attached hydrogen (secondary N) is 1. The van der Waals surface area contributed by atoms with Crippen LogP contribution in [0.25, 0.3) is 0 Å². The number of rotatable bonds is 3. The molecule has 1 aliphatic heterocycles. The Kier molecular flexibility index (Phi) is 3.24. The van der Waals surface area contributed by atoms with Gasteiger partial charge in [0, 0.05) is 18.2 Å². The minimum atomic E-state index is -0.890. The Morgan fingerprint density at radius 3 is 2.67 bits per heavy atom. The van der Waals surface area contributed by atoms with Crippen LogP contribution in [0.15, 0.2) is 18.2 Å². The third kappa shape index (κ3) is 2.30. The predicted molar refractivity (Wildman–Crippen MR) is 58.4 cm³/mol. The number of halogens is 2. The Hall–Kier alpha value is -2.02. The van der Waals surface area contributed by atoms with E-state index in [2.05, 4.69) is 5.32 Å². The number of amides is 3. The highest BCUT2D eigenvalue weighted by molar-refractivity contribution is 6.01. The third-order valence-corrected chi connectivity index (χ3v) is 2.68. The largest absolute Gasteiger partial charge is 0.329 e. The predicted octanol–water partition coefficient (Wildman–Crippen LogP) is 0.516. The minimum Gasteiger partial charge on any atom is -0.329 e. The molecule has 0 radical (unpaired) electrons. The van der Waals surface area contributed by atoms with Gasteiger partial charge in [0.1, 0.15) is 11.6 Å². The molecule has 7 heteroatoms. The van der Waals surface area contributed by atoms with Crippen molar-refractivity contribution in [2.75, 3.05) is 13.1 Å². The van der Waals surface area contributed by atoms with E-state index in [0.717, 1.165) is 11.0 Å². The molecule has 0 saturated carbocycles. The van der Waals surface area contributed by atoms with Crippen LogP contribution in [-0.2, 0) is 4.79 Å². The van der Waals surface area contributed by atoms with Gasteiger partial charge in [0.2, 0.25) is 5.91 Å². The van der Waals surface area contributed by atoms with Crippen LogP contribution in [0.5, 0.6) is 0 Å². The second-order valence-electron chi connectivity index (χ2n) is 3.94. The maximum Gasteiger partial charge on any atom is 0.324 e. The number of carbonyl (C=O) groups is 2. The molecule has 1 aromatic carbocycles. The zero-order chi connectivity index (χ0) is 13.3. The van der Waals surface area contributed by atoms with Gasteiger partial charge in [-0.25, -0.2) is 13.6 Å². The molecule has 1 aliphatic rings. The van der Waals surface area contributed by atoms with E-state index in [4.69, 9.17) is 5.73 Å². The van der Waals surface area contributed by atoms with Crippen LogP contribution in [0.2, 0.25) is 0 Å². The molecule has 18 heavy (non-hydrogen) atoms. The Morgan fingerprint density at radius 1 is 1.39 bits per heavy atom. The van der Waals surface area contributed by atoms with Crippen LogP contribution in [0.3, 0.4) is 0 Å². The maximum atomic E-state index is 13.4. The second-order valence-corrected chi connectivity index (χ2v) is 3.94. The van der Waals surface area contributed by atoms with E-state index in [1.807, 2.05) is 0 Å². The lowest BCUT2D eigenvalue weighted by molar-refractivity contribution is -0.125. The zero-order valence-electron chi connectivity index (χ0n) is 9.32. The van der Waals surface area contributed by atoms with Crippen molar-refractivity contribution < 1.29 is 18.4 Å². The molecule has 3 amide bonds. The van der Waals surface area contributed by atoms with Crippen LogP contribution in [-0.4, -0.2) is 29.9 Å². The van der Waals surface area contributed by atoms with Crippen molar-refractivity contribution in [3.05, 3.63) is 35.4 Å². The monoisotopic (exact) mass is 255 g/mol. The molecule has 0 aromatic heterocycles. The fourth-order valence-electron chi connectivity index (χ4n) is 1.74. The van der Waals surface area contributed by atoms with Crippen LogP contribution < -0.4 is 11.1 Å². The summed E-state index contributed by atoms with van der Waals surface area (Å²) in [6.07, 6.45) is 0. The Labute approximate surface area is 102 Å². The fraction of sp³-hybridized carbons (Fsp3) is 0.273. The zero-order valence-corrected chi connectivity index (χ0v) is 9.32. The topological polar surface area (TPSA) is 75.4 Å². The Balaban J connectivity index is 2.14. The summed E-state index contributed by atoms with van der Waals surface area (Å²) < 4.78 is 26.2. The molecule has 0 aliphatic carbocycles. The minimum absolute atomic E-state index is 0.0592. The summed E-state index contributed by atoms with van der Waals surface area (Å²) in [6, 6.07) is 1.54. The second kappa shape index (κ2) is 4.69. The van der Waals surface area contributed by atoms with Crippen molar-refractivity contribution in [1.82, 2.24) is 10.2 Å². The average molecular weight is 255 g/mol. The van der Waals surface area contributed by atoms with Crippen LogP contribution in [0.1, 0.15) is 11.6 Å². The first-order valence-corrected chi connectivity index (χ1v) is 5.28. The lowest BCUT2D eigenvalue weighted by atomic mass is 10.1. The van der Waals surface area contributed by atoms with Crippen LogP contribution >= 0.6 is 0 Å². The molecule has 1 unspecified atom stereocenters. The SMILES string of the molecule is NC(CN1C(=O)CNC1=O)c1ccc(F)cc1F. The Morgan fingerprint density at radius 2 is 2.11 bits per heavy atom. The van der Waals surface area contributed by atoms with Crippen molar-refractivity contribution in [2.24, 2.45) is 5.73 Å².